The van der Waals surface area contributed by atoms with Crippen LogP contribution < -0.4 is 10.0 Å². The molecule has 0 radical (unpaired) electrons. The SMILES string of the molecule is CCOC(=O)c1cc2ccc(CNC(=O)C(F)(F)F)nc2n1Cc1cc(NS(=O)(=O)C(C)CCN(C)C)cc2ccccc12. The summed E-state index contributed by atoms with van der Waals surface area (Å²) in [6.07, 6.45) is -4.61. The van der Waals surface area contributed by atoms with E-state index in [1.54, 1.807) is 48.0 Å². The molecule has 0 aliphatic heterocycles. The third kappa shape index (κ3) is 7.66. The van der Waals surface area contributed by atoms with Crippen LogP contribution in [0.2, 0.25) is 0 Å². The Kier molecular flexibility index (Phi) is 9.84. The average Bonchev–Trinajstić information content (AvgIpc) is 3.31. The maximum atomic E-state index is 13.2. The number of pyridine rings is 1. The second kappa shape index (κ2) is 13.2. The Morgan fingerprint density at radius 3 is 2.48 bits per heavy atom. The van der Waals surface area contributed by atoms with Crippen molar-refractivity contribution in [1.29, 1.82) is 0 Å². The van der Waals surface area contributed by atoms with Crippen molar-refractivity contribution in [1.82, 2.24) is 19.8 Å². The number of amides is 1. The number of hydrogen-bond donors (Lipinski definition) is 2. The number of fused-ring (bicyclic) bond motifs is 2. The molecule has 1 amide bonds. The molecule has 10 nitrogen and oxygen atoms in total. The lowest BCUT2D eigenvalue weighted by molar-refractivity contribution is -0.173. The fourth-order valence-electron chi connectivity index (χ4n) is 4.68. The van der Waals surface area contributed by atoms with Crippen LogP contribution in [-0.2, 0) is 32.6 Å². The molecule has 1 atom stereocenters. The van der Waals surface area contributed by atoms with Gasteiger partial charge in [-0.1, -0.05) is 24.3 Å². The van der Waals surface area contributed by atoms with Gasteiger partial charge in [-0.15, -0.1) is 0 Å². The maximum absolute atomic E-state index is 13.2. The quantitative estimate of drug-likeness (QED) is 0.217. The van der Waals surface area contributed by atoms with Crippen molar-refractivity contribution in [3.8, 4) is 0 Å². The standard InChI is InChI=1S/C30H34F3N5O5S/c1-5-43-28(39)26-16-21-10-11-23(17-34-29(40)30(31,32)33)35-27(21)38(26)18-22-15-24(14-20-8-6-7-9-25(20)22)36-44(41,42)19(2)12-13-37(3)4/h6-11,14-16,19,36H,5,12-13,17-18H2,1-4H3,(H,34,40). The van der Waals surface area contributed by atoms with Crippen molar-refractivity contribution in [3.05, 3.63) is 71.5 Å². The summed E-state index contributed by atoms with van der Waals surface area (Å²) < 4.78 is 74.0. The molecular formula is C30H34F3N5O5S. The average molecular weight is 634 g/mol. The number of carbonyl (C=O) groups excluding carboxylic acids is 2. The highest BCUT2D eigenvalue weighted by Gasteiger charge is 2.38. The largest absolute Gasteiger partial charge is 0.471 e. The first-order valence-corrected chi connectivity index (χ1v) is 15.4. The van der Waals surface area contributed by atoms with Crippen molar-refractivity contribution in [2.45, 2.75) is 44.8 Å². The summed E-state index contributed by atoms with van der Waals surface area (Å²) in [5.41, 5.74) is 1.57. The zero-order chi connectivity index (χ0) is 32.2. The summed E-state index contributed by atoms with van der Waals surface area (Å²) in [5.74, 6) is -2.72. The van der Waals surface area contributed by atoms with E-state index < -0.39 is 39.9 Å². The smallest absolute Gasteiger partial charge is 0.461 e. The minimum absolute atomic E-state index is 0.0509. The fraction of sp³-hybridized carbons (Fsp3) is 0.367. The van der Waals surface area contributed by atoms with E-state index in [2.05, 4.69) is 9.71 Å². The van der Waals surface area contributed by atoms with Crippen molar-refractivity contribution in [2.75, 3.05) is 32.0 Å². The van der Waals surface area contributed by atoms with E-state index in [1.807, 2.05) is 43.3 Å². The van der Waals surface area contributed by atoms with Crippen molar-refractivity contribution in [2.24, 2.45) is 0 Å². The van der Waals surface area contributed by atoms with Crippen molar-refractivity contribution >= 4 is 49.4 Å². The fourth-order valence-corrected chi connectivity index (χ4v) is 5.74. The first-order valence-electron chi connectivity index (χ1n) is 13.9. The van der Waals surface area contributed by atoms with Gasteiger partial charge in [0.2, 0.25) is 10.0 Å². The van der Waals surface area contributed by atoms with Crippen LogP contribution in [0.1, 0.15) is 42.0 Å². The molecule has 236 valence electrons. The number of alkyl halides is 3. The van der Waals surface area contributed by atoms with Crippen LogP contribution in [0, 0.1) is 0 Å². The topological polar surface area (TPSA) is 123 Å². The second-order valence-corrected chi connectivity index (χ2v) is 12.7. The summed E-state index contributed by atoms with van der Waals surface area (Å²) >= 11 is 0. The summed E-state index contributed by atoms with van der Waals surface area (Å²) in [6, 6.07) is 15.4. The molecule has 4 aromatic rings. The summed E-state index contributed by atoms with van der Waals surface area (Å²) in [5, 5.41) is 3.21. The molecule has 44 heavy (non-hydrogen) atoms. The van der Waals surface area contributed by atoms with Gasteiger partial charge in [0.15, 0.2) is 0 Å². The Hall–Kier alpha value is -4.17. The van der Waals surface area contributed by atoms with Gasteiger partial charge < -0.3 is 19.5 Å². The van der Waals surface area contributed by atoms with E-state index in [9.17, 15) is 31.2 Å². The van der Waals surface area contributed by atoms with E-state index >= 15 is 0 Å². The predicted octanol–water partition coefficient (Wildman–Crippen LogP) is 4.67. The van der Waals surface area contributed by atoms with Crippen LogP contribution in [-0.4, -0.2) is 73.4 Å². The molecule has 2 N–H and O–H groups in total. The van der Waals surface area contributed by atoms with Gasteiger partial charge in [0.25, 0.3) is 0 Å². The summed E-state index contributed by atoms with van der Waals surface area (Å²) in [4.78, 5) is 30.7. The minimum Gasteiger partial charge on any atom is -0.461 e. The second-order valence-electron chi connectivity index (χ2n) is 10.6. The van der Waals surface area contributed by atoms with Crippen LogP contribution in [0.25, 0.3) is 21.8 Å². The van der Waals surface area contributed by atoms with Gasteiger partial charge in [0.1, 0.15) is 11.3 Å². The van der Waals surface area contributed by atoms with Gasteiger partial charge >= 0.3 is 18.1 Å². The first-order chi connectivity index (χ1) is 20.7. The highest BCUT2D eigenvalue weighted by molar-refractivity contribution is 7.93. The molecule has 0 aliphatic rings. The van der Waals surface area contributed by atoms with Crippen LogP contribution >= 0.6 is 0 Å². The molecule has 1 unspecified atom stereocenters. The van der Waals surface area contributed by atoms with Crippen LogP contribution in [0.15, 0.2) is 54.6 Å². The van der Waals surface area contributed by atoms with E-state index in [4.69, 9.17) is 4.74 Å². The lowest BCUT2D eigenvalue weighted by Gasteiger charge is -2.19. The van der Waals surface area contributed by atoms with Gasteiger partial charge in [-0.3, -0.25) is 9.52 Å². The molecule has 0 saturated carbocycles. The molecule has 0 bridgehead atoms. The molecule has 0 saturated heterocycles. The lowest BCUT2D eigenvalue weighted by atomic mass is 10.0. The number of rotatable bonds is 12. The number of esters is 1. The number of sulfonamides is 1. The van der Waals surface area contributed by atoms with Crippen molar-refractivity contribution < 1.29 is 35.9 Å². The molecule has 4 rings (SSSR count). The van der Waals surface area contributed by atoms with E-state index in [0.29, 0.717) is 29.6 Å². The molecular weight excluding hydrogens is 599 g/mol. The third-order valence-corrected chi connectivity index (χ3v) is 8.84. The number of ether oxygens (including phenoxy) is 1. The monoisotopic (exact) mass is 633 g/mol. The molecule has 0 fully saturated rings. The minimum atomic E-state index is -5.04. The van der Waals surface area contributed by atoms with Gasteiger partial charge in [0.05, 0.1) is 30.6 Å². The van der Waals surface area contributed by atoms with Crippen LogP contribution in [0.4, 0.5) is 18.9 Å². The van der Waals surface area contributed by atoms with Crippen molar-refractivity contribution in [3.63, 3.8) is 0 Å². The number of carbonyl (C=O) groups is 2. The highest BCUT2D eigenvalue weighted by atomic mass is 32.2. The lowest BCUT2D eigenvalue weighted by Crippen LogP contribution is -2.36. The molecule has 2 heterocycles. The number of hydrogen-bond acceptors (Lipinski definition) is 7. The third-order valence-electron chi connectivity index (χ3n) is 7.02. The summed E-state index contributed by atoms with van der Waals surface area (Å²) in [6.45, 7) is 3.57. The Labute approximate surface area is 253 Å². The number of benzene rings is 2. The van der Waals surface area contributed by atoms with Gasteiger partial charge in [-0.05, 0) is 87.6 Å². The predicted molar refractivity (Wildman–Crippen MR) is 162 cm³/mol. The Morgan fingerprint density at radius 2 is 1.80 bits per heavy atom. The Bertz CT molecular complexity index is 1790. The number of anilines is 1. The highest BCUT2D eigenvalue weighted by Crippen LogP contribution is 2.29. The zero-order valence-corrected chi connectivity index (χ0v) is 25.6. The molecule has 0 spiro atoms. The number of nitrogens with one attached hydrogen (secondary N) is 2. The van der Waals surface area contributed by atoms with Gasteiger partial charge in [0, 0.05) is 11.1 Å². The van der Waals surface area contributed by atoms with Crippen LogP contribution in [0.5, 0.6) is 0 Å². The maximum Gasteiger partial charge on any atom is 0.471 e. The number of aromatic nitrogens is 2. The molecule has 2 aromatic carbocycles. The summed E-state index contributed by atoms with van der Waals surface area (Å²) in [7, 11) is 0.00454. The Balaban J connectivity index is 1.77. The van der Waals surface area contributed by atoms with Gasteiger partial charge in [-0.25, -0.2) is 18.2 Å². The first kappa shape index (κ1) is 32.7. The normalized spacial score (nSPS) is 12.9. The molecule has 2 aromatic heterocycles. The van der Waals surface area contributed by atoms with E-state index in [0.717, 1.165) is 10.8 Å². The number of halogens is 3. The molecule has 14 heteroatoms. The van der Waals surface area contributed by atoms with E-state index in [-0.39, 0.29) is 30.2 Å². The van der Waals surface area contributed by atoms with Crippen LogP contribution in [0.3, 0.4) is 0 Å². The molecule has 0 aliphatic carbocycles. The Morgan fingerprint density at radius 1 is 1.07 bits per heavy atom. The zero-order valence-electron chi connectivity index (χ0n) is 24.7. The van der Waals surface area contributed by atoms with Gasteiger partial charge in [-0.2, -0.15) is 13.2 Å². The number of nitrogens with zero attached hydrogens (tertiary/aromatic N) is 3. The van der Waals surface area contributed by atoms with E-state index in [1.165, 1.54) is 6.07 Å².